The van der Waals surface area contributed by atoms with Gasteiger partial charge < -0.3 is 10.1 Å². The van der Waals surface area contributed by atoms with Crippen molar-refractivity contribution in [2.75, 3.05) is 5.75 Å². The molecule has 3 rings (SSSR count). The lowest BCUT2D eigenvalue weighted by molar-refractivity contribution is -0.112. The number of nitrogens with one attached hydrogen (secondary N) is 1. The van der Waals surface area contributed by atoms with E-state index in [1.54, 1.807) is 12.1 Å². The predicted octanol–water partition coefficient (Wildman–Crippen LogP) is 2.77. The van der Waals surface area contributed by atoms with Crippen LogP contribution in [0, 0.1) is 5.82 Å². The Bertz CT molecular complexity index is 736. The average Bonchev–Trinajstić information content (AvgIpc) is 2.95. The van der Waals surface area contributed by atoms with Crippen molar-refractivity contribution < 1.29 is 18.7 Å². The molecule has 0 saturated carbocycles. The van der Waals surface area contributed by atoms with E-state index in [0.29, 0.717) is 17.9 Å². The Balaban J connectivity index is 1.78. The van der Waals surface area contributed by atoms with Gasteiger partial charge in [0.1, 0.15) is 17.1 Å². The SMILES string of the molecule is O=C(NC1CCSC1=O)c1cccnc1Oc1ccc(F)cc1. The molecule has 7 heteroatoms. The Morgan fingerprint density at radius 2 is 2.09 bits per heavy atom. The summed E-state index contributed by atoms with van der Waals surface area (Å²) in [7, 11) is 0. The number of pyridine rings is 1. The molecule has 2 heterocycles. The highest BCUT2D eigenvalue weighted by molar-refractivity contribution is 8.14. The molecular weight excluding hydrogens is 319 g/mol. The van der Waals surface area contributed by atoms with E-state index in [-0.39, 0.29) is 22.4 Å². The molecule has 1 atom stereocenters. The number of hydrogen-bond acceptors (Lipinski definition) is 5. The van der Waals surface area contributed by atoms with Crippen LogP contribution in [0.1, 0.15) is 16.8 Å². The van der Waals surface area contributed by atoms with E-state index in [1.807, 2.05) is 0 Å². The van der Waals surface area contributed by atoms with Crippen molar-refractivity contribution in [3.8, 4) is 11.6 Å². The Morgan fingerprint density at radius 1 is 1.30 bits per heavy atom. The fourth-order valence-corrected chi connectivity index (χ4v) is 3.05. The minimum Gasteiger partial charge on any atom is -0.438 e. The first kappa shape index (κ1) is 15.5. The van der Waals surface area contributed by atoms with Crippen LogP contribution in [0.15, 0.2) is 42.6 Å². The third-order valence-corrected chi connectivity index (χ3v) is 4.29. The molecular formula is C16H13FN2O3S. The number of ether oxygens (including phenoxy) is 1. The largest absolute Gasteiger partial charge is 0.438 e. The second-order valence-electron chi connectivity index (χ2n) is 4.89. The number of hydrogen-bond donors (Lipinski definition) is 1. The van der Waals surface area contributed by atoms with Crippen LogP contribution < -0.4 is 10.1 Å². The summed E-state index contributed by atoms with van der Waals surface area (Å²) in [5, 5.41) is 2.65. The van der Waals surface area contributed by atoms with Crippen LogP contribution in [0.2, 0.25) is 0 Å². The number of thioether (sulfide) groups is 1. The topological polar surface area (TPSA) is 68.3 Å². The molecule has 1 fully saturated rings. The number of carbonyl (C=O) groups is 2. The molecule has 0 radical (unpaired) electrons. The summed E-state index contributed by atoms with van der Waals surface area (Å²) in [4.78, 5) is 28.0. The van der Waals surface area contributed by atoms with E-state index in [0.717, 1.165) is 0 Å². The van der Waals surface area contributed by atoms with Crippen molar-refractivity contribution in [3.63, 3.8) is 0 Å². The van der Waals surface area contributed by atoms with Gasteiger partial charge in [-0.05, 0) is 42.8 Å². The minimum atomic E-state index is -0.480. The van der Waals surface area contributed by atoms with Crippen molar-refractivity contribution in [1.29, 1.82) is 0 Å². The maximum Gasteiger partial charge on any atom is 0.257 e. The standard InChI is InChI=1S/C16H13FN2O3S/c17-10-3-5-11(6-4-10)22-15-12(2-1-8-18-15)14(20)19-13-7-9-23-16(13)21/h1-6,8,13H,7,9H2,(H,19,20). The summed E-state index contributed by atoms with van der Waals surface area (Å²) >= 11 is 1.21. The summed E-state index contributed by atoms with van der Waals surface area (Å²) in [6, 6.07) is 8.10. The zero-order valence-electron chi connectivity index (χ0n) is 12.0. The van der Waals surface area contributed by atoms with Gasteiger partial charge in [-0.15, -0.1) is 0 Å². The molecule has 1 aliphatic rings. The molecule has 1 amide bonds. The Labute approximate surface area is 136 Å². The molecule has 1 saturated heterocycles. The monoisotopic (exact) mass is 332 g/mol. The van der Waals surface area contributed by atoms with Crippen molar-refractivity contribution in [3.05, 3.63) is 54.0 Å². The highest BCUT2D eigenvalue weighted by Crippen LogP contribution is 2.24. The van der Waals surface area contributed by atoms with Gasteiger partial charge in [0.25, 0.3) is 5.91 Å². The van der Waals surface area contributed by atoms with Crippen LogP contribution >= 0.6 is 11.8 Å². The van der Waals surface area contributed by atoms with Crippen LogP contribution in [-0.4, -0.2) is 27.8 Å². The molecule has 0 aliphatic carbocycles. The zero-order chi connectivity index (χ0) is 16.2. The molecule has 1 aromatic carbocycles. The maximum absolute atomic E-state index is 12.9. The molecule has 2 aromatic rings. The van der Waals surface area contributed by atoms with Crippen LogP contribution in [0.25, 0.3) is 0 Å². The van der Waals surface area contributed by atoms with Gasteiger partial charge in [-0.2, -0.15) is 0 Å². The highest BCUT2D eigenvalue weighted by Gasteiger charge is 2.28. The Kier molecular flexibility index (Phi) is 4.57. The van der Waals surface area contributed by atoms with Crippen LogP contribution in [0.4, 0.5) is 4.39 Å². The third-order valence-electron chi connectivity index (χ3n) is 3.28. The lowest BCUT2D eigenvalue weighted by Gasteiger charge is -2.13. The maximum atomic E-state index is 12.9. The van der Waals surface area contributed by atoms with Crippen LogP contribution in [-0.2, 0) is 4.79 Å². The molecule has 1 N–H and O–H groups in total. The molecule has 1 aliphatic heterocycles. The van der Waals surface area contributed by atoms with E-state index < -0.39 is 11.9 Å². The van der Waals surface area contributed by atoms with Gasteiger partial charge in [0.05, 0.1) is 6.04 Å². The number of benzene rings is 1. The van der Waals surface area contributed by atoms with Crippen molar-refractivity contribution in [2.45, 2.75) is 12.5 Å². The van der Waals surface area contributed by atoms with Crippen molar-refractivity contribution >= 4 is 22.8 Å². The van der Waals surface area contributed by atoms with Crippen LogP contribution in [0.3, 0.4) is 0 Å². The third kappa shape index (κ3) is 3.68. The van der Waals surface area contributed by atoms with Crippen molar-refractivity contribution in [1.82, 2.24) is 10.3 Å². The lowest BCUT2D eigenvalue weighted by Crippen LogP contribution is -2.37. The quantitative estimate of drug-likeness (QED) is 0.932. The minimum absolute atomic E-state index is 0.0387. The van der Waals surface area contributed by atoms with Gasteiger partial charge in [0, 0.05) is 11.9 Å². The number of carbonyl (C=O) groups excluding carboxylic acids is 2. The number of aromatic nitrogens is 1. The van der Waals surface area contributed by atoms with Gasteiger partial charge in [-0.1, -0.05) is 11.8 Å². The van der Waals surface area contributed by atoms with Crippen LogP contribution in [0.5, 0.6) is 11.6 Å². The number of nitrogens with zero attached hydrogens (tertiary/aromatic N) is 1. The first-order valence-electron chi connectivity index (χ1n) is 6.99. The highest BCUT2D eigenvalue weighted by atomic mass is 32.2. The summed E-state index contributed by atoms with van der Waals surface area (Å²) in [6.45, 7) is 0. The summed E-state index contributed by atoms with van der Waals surface area (Å²) in [6.07, 6.45) is 2.11. The molecule has 1 aromatic heterocycles. The van der Waals surface area contributed by atoms with Gasteiger partial charge in [0.15, 0.2) is 0 Å². The fourth-order valence-electron chi connectivity index (χ4n) is 2.12. The van der Waals surface area contributed by atoms with Gasteiger partial charge in [-0.3, -0.25) is 9.59 Å². The smallest absolute Gasteiger partial charge is 0.257 e. The second-order valence-corrected chi connectivity index (χ2v) is 5.99. The normalized spacial score (nSPS) is 17.1. The van der Waals surface area contributed by atoms with E-state index in [1.165, 1.54) is 42.2 Å². The molecule has 118 valence electrons. The van der Waals surface area contributed by atoms with E-state index in [4.69, 9.17) is 4.74 Å². The van der Waals surface area contributed by atoms with Gasteiger partial charge >= 0.3 is 0 Å². The number of halogens is 1. The molecule has 0 bridgehead atoms. The molecule has 1 unspecified atom stereocenters. The molecule has 23 heavy (non-hydrogen) atoms. The number of amides is 1. The molecule has 5 nitrogen and oxygen atoms in total. The fraction of sp³-hybridized carbons (Fsp3) is 0.188. The number of rotatable bonds is 4. The molecule has 0 spiro atoms. The first-order valence-corrected chi connectivity index (χ1v) is 7.98. The lowest BCUT2D eigenvalue weighted by atomic mass is 10.2. The van der Waals surface area contributed by atoms with E-state index >= 15 is 0 Å². The summed E-state index contributed by atoms with van der Waals surface area (Å²) in [5.41, 5.74) is 0.224. The van der Waals surface area contributed by atoms with Gasteiger partial charge in [0.2, 0.25) is 11.0 Å². The summed E-state index contributed by atoms with van der Waals surface area (Å²) < 4.78 is 18.5. The van der Waals surface area contributed by atoms with E-state index in [2.05, 4.69) is 10.3 Å². The first-order chi connectivity index (χ1) is 11.1. The second kappa shape index (κ2) is 6.78. The Hall–Kier alpha value is -2.41. The zero-order valence-corrected chi connectivity index (χ0v) is 12.8. The van der Waals surface area contributed by atoms with Gasteiger partial charge in [-0.25, -0.2) is 9.37 Å². The summed E-state index contributed by atoms with van der Waals surface area (Å²) in [5.74, 6) is 0.376. The average molecular weight is 332 g/mol. The van der Waals surface area contributed by atoms with E-state index in [9.17, 15) is 14.0 Å². The van der Waals surface area contributed by atoms with Crippen molar-refractivity contribution in [2.24, 2.45) is 0 Å². The Morgan fingerprint density at radius 3 is 2.78 bits per heavy atom. The predicted molar refractivity (Wildman–Crippen MR) is 84.0 cm³/mol.